The second kappa shape index (κ2) is 11.9. The number of hydrogen-bond acceptors (Lipinski definition) is 4. The number of guanidine groups is 1. The van der Waals surface area contributed by atoms with Gasteiger partial charge in [0.2, 0.25) is 0 Å². The second-order valence-corrected chi connectivity index (χ2v) is 8.77. The van der Waals surface area contributed by atoms with Crippen LogP contribution in [-0.2, 0) is 9.47 Å². The van der Waals surface area contributed by atoms with Crippen molar-refractivity contribution in [3.63, 3.8) is 0 Å². The van der Waals surface area contributed by atoms with Crippen molar-refractivity contribution in [2.45, 2.75) is 38.6 Å². The molecule has 0 spiro atoms. The van der Waals surface area contributed by atoms with E-state index in [1.807, 2.05) is 12.1 Å². The summed E-state index contributed by atoms with van der Waals surface area (Å²) in [6.07, 6.45) is 4.88. The van der Waals surface area contributed by atoms with E-state index < -0.39 is 0 Å². The Hall–Kier alpha value is -1.34. The molecule has 1 aliphatic heterocycles. The maximum absolute atomic E-state index is 6.57. The lowest BCUT2D eigenvalue weighted by Gasteiger charge is -2.41. The van der Waals surface area contributed by atoms with E-state index in [4.69, 9.17) is 26.1 Å². The van der Waals surface area contributed by atoms with Crippen LogP contribution in [-0.4, -0.2) is 70.5 Å². The van der Waals surface area contributed by atoms with E-state index >= 15 is 0 Å². The van der Waals surface area contributed by atoms with E-state index in [2.05, 4.69) is 34.6 Å². The van der Waals surface area contributed by atoms with Crippen LogP contribution in [0.2, 0.25) is 5.02 Å². The van der Waals surface area contributed by atoms with Crippen LogP contribution in [0.4, 0.5) is 0 Å². The molecule has 1 heterocycles. The number of ether oxygens (including phenoxy) is 2. The number of methoxy groups -OCH3 is 1. The molecule has 0 aromatic heterocycles. The van der Waals surface area contributed by atoms with Crippen LogP contribution in [0.1, 0.15) is 44.2 Å². The predicted octanol–water partition coefficient (Wildman–Crippen LogP) is 3.48. The Labute approximate surface area is 186 Å². The van der Waals surface area contributed by atoms with E-state index in [0.29, 0.717) is 5.41 Å². The fourth-order valence-electron chi connectivity index (χ4n) is 4.33. The molecular weight excluding hydrogens is 400 g/mol. The van der Waals surface area contributed by atoms with Gasteiger partial charge in [0.25, 0.3) is 0 Å². The van der Waals surface area contributed by atoms with Crippen LogP contribution >= 0.6 is 11.6 Å². The summed E-state index contributed by atoms with van der Waals surface area (Å²) in [5.41, 5.74) is 1.46. The molecule has 6 nitrogen and oxygen atoms in total. The number of rotatable bonds is 10. The van der Waals surface area contributed by atoms with Crippen molar-refractivity contribution in [2.75, 3.05) is 59.7 Å². The minimum atomic E-state index is 0.178. The first-order chi connectivity index (χ1) is 14.7. The Morgan fingerprint density at radius 3 is 2.67 bits per heavy atom. The van der Waals surface area contributed by atoms with Gasteiger partial charge in [0.1, 0.15) is 0 Å². The first-order valence-electron chi connectivity index (χ1n) is 11.2. The molecule has 1 aromatic carbocycles. The van der Waals surface area contributed by atoms with Gasteiger partial charge in [0.15, 0.2) is 5.96 Å². The van der Waals surface area contributed by atoms with E-state index in [-0.39, 0.29) is 6.04 Å². The van der Waals surface area contributed by atoms with Crippen molar-refractivity contribution in [3.05, 3.63) is 34.9 Å². The topological polar surface area (TPSA) is 58.1 Å². The predicted molar refractivity (Wildman–Crippen MR) is 123 cm³/mol. The fraction of sp³-hybridized carbons (Fsp3) is 0.696. The van der Waals surface area contributed by atoms with E-state index in [0.717, 1.165) is 75.5 Å². The SMILES string of the molecule is CCNC(=NCC1(CCOC)CCC1)NCC(c1ccccc1Cl)N1CCOCC1. The molecule has 1 aliphatic carbocycles. The number of nitrogens with zero attached hydrogens (tertiary/aromatic N) is 2. The van der Waals surface area contributed by atoms with Crippen LogP contribution in [0.15, 0.2) is 29.3 Å². The Morgan fingerprint density at radius 2 is 2.03 bits per heavy atom. The Kier molecular flexibility index (Phi) is 9.25. The number of halogens is 1. The number of hydrogen-bond donors (Lipinski definition) is 2. The highest BCUT2D eigenvalue weighted by Crippen LogP contribution is 2.44. The third-order valence-corrected chi connectivity index (χ3v) is 6.73. The van der Waals surface area contributed by atoms with Gasteiger partial charge in [-0.05, 0) is 43.2 Å². The van der Waals surface area contributed by atoms with Gasteiger partial charge in [-0.25, -0.2) is 0 Å². The molecule has 2 aliphatic rings. The summed E-state index contributed by atoms with van der Waals surface area (Å²) < 4.78 is 10.9. The molecule has 1 saturated heterocycles. The highest BCUT2D eigenvalue weighted by molar-refractivity contribution is 6.31. The average Bonchev–Trinajstić information content (AvgIpc) is 2.74. The van der Waals surface area contributed by atoms with Crippen LogP contribution in [0.25, 0.3) is 0 Å². The summed E-state index contributed by atoms with van der Waals surface area (Å²) >= 11 is 6.57. The molecule has 2 fully saturated rings. The average molecular weight is 437 g/mol. The van der Waals surface area contributed by atoms with E-state index in [1.54, 1.807) is 7.11 Å². The molecule has 1 aromatic rings. The standard InChI is InChI=1S/C23H37ClN4O2/c1-3-25-22(27-18-23(9-6-10-23)11-14-29-2)26-17-21(28-12-15-30-16-13-28)19-7-4-5-8-20(19)24/h4-5,7-8,21H,3,6,9-18H2,1-2H3,(H2,25,26,27). The number of benzene rings is 1. The van der Waals surface area contributed by atoms with Crippen molar-refractivity contribution < 1.29 is 9.47 Å². The lowest BCUT2D eigenvalue weighted by Crippen LogP contribution is -2.47. The van der Waals surface area contributed by atoms with Crippen molar-refractivity contribution in [1.82, 2.24) is 15.5 Å². The van der Waals surface area contributed by atoms with Crippen molar-refractivity contribution >= 4 is 17.6 Å². The van der Waals surface area contributed by atoms with Crippen LogP contribution in [0, 0.1) is 5.41 Å². The summed E-state index contributed by atoms with van der Waals surface area (Å²) in [6, 6.07) is 8.32. The third kappa shape index (κ3) is 6.33. The molecule has 3 rings (SSSR count). The monoisotopic (exact) mass is 436 g/mol. The molecule has 2 N–H and O–H groups in total. The largest absolute Gasteiger partial charge is 0.385 e. The molecule has 0 radical (unpaired) electrons. The molecule has 168 valence electrons. The summed E-state index contributed by atoms with van der Waals surface area (Å²) in [5.74, 6) is 0.881. The van der Waals surface area contributed by atoms with Gasteiger partial charge in [-0.15, -0.1) is 0 Å². The van der Waals surface area contributed by atoms with Gasteiger partial charge in [-0.1, -0.05) is 36.2 Å². The zero-order valence-corrected chi connectivity index (χ0v) is 19.2. The first-order valence-corrected chi connectivity index (χ1v) is 11.6. The molecule has 0 amide bonds. The van der Waals surface area contributed by atoms with E-state index in [1.165, 1.54) is 19.3 Å². The van der Waals surface area contributed by atoms with Crippen molar-refractivity contribution in [3.8, 4) is 0 Å². The van der Waals surface area contributed by atoms with Gasteiger partial charge in [-0.3, -0.25) is 9.89 Å². The van der Waals surface area contributed by atoms with Gasteiger partial charge in [0, 0.05) is 51.5 Å². The van der Waals surface area contributed by atoms with Crippen LogP contribution < -0.4 is 10.6 Å². The van der Waals surface area contributed by atoms with Gasteiger partial charge < -0.3 is 20.1 Å². The Bertz CT molecular complexity index is 675. The maximum atomic E-state index is 6.57. The van der Waals surface area contributed by atoms with Crippen molar-refractivity contribution in [1.29, 1.82) is 0 Å². The second-order valence-electron chi connectivity index (χ2n) is 8.36. The minimum Gasteiger partial charge on any atom is -0.385 e. The highest BCUT2D eigenvalue weighted by atomic mass is 35.5. The highest BCUT2D eigenvalue weighted by Gasteiger charge is 2.36. The molecule has 7 heteroatoms. The van der Waals surface area contributed by atoms with Crippen LogP contribution in [0.5, 0.6) is 0 Å². The Balaban J connectivity index is 1.68. The quantitative estimate of drug-likeness (QED) is 0.434. The zero-order valence-electron chi connectivity index (χ0n) is 18.5. The first kappa shape index (κ1) is 23.3. The van der Waals surface area contributed by atoms with E-state index in [9.17, 15) is 0 Å². The van der Waals surface area contributed by atoms with Crippen LogP contribution in [0.3, 0.4) is 0 Å². The fourth-order valence-corrected chi connectivity index (χ4v) is 4.60. The molecule has 1 atom stereocenters. The normalized spacial score (nSPS) is 20.4. The summed E-state index contributed by atoms with van der Waals surface area (Å²) in [7, 11) is 1.78. The molecule has 0 bridgehead atoms. The maximum Gasteiger partial charge on any atom is 0.191 e. The number of nitrogens with one attached hydrogen (secondary N) is 2. The third-order valence-electron chi connectivity index (χ3n) is 6.38. The Morgan fingerprint density at radius 1 is 1.27 bits per heavy atom. The minimum absolute atomic E-state index is 0.178. The van der Waals surface area contributed by atoms with Gasteiger partial charge in [-0.2, -0.15) is 0 Å². The molecule has 30 heavy (non-hydrogen) atoms. The summed E-state index contributed by atoms with van der Waals surface area (Å²) in [4.78, 5) is 7.41. The molecule has 1 saturated carbocycles. The summed E-state index contributed by atoms with van der Waals surface area (Å²) in [6.45, 7) is 8.69. The zero-order chi connectivity index (χ0) is 21.2. The lowest BCUT2D eigenvalue weighted by molar-refractivity contribution is 0.0170. The lowest BCUT2D eigenvalue weighted by atomic mass is 9.67. The molecular formula is C23H37ClN4O2. The summed E-state index contributed by atoms with van der Waals surface area (Å²) in [5, 5.41) is 7.81. The van der Waals surface area contributed by atoms with Crippen molar-refractivity contribution in [2.24, 2.45) is 10.4 Å². The number of aliphatic imine (C=N–C) groups is 1. The number of morpholine rings is 1. The van der Waals surface area contributed by atoms with Gasteiger partial charge >= 0.3 is 0 Å². The smallest absolute Gasteiger partial charge is 0.191 e. The van der Waals surface area contributed by atoms with Gasteiger partial charge in [0.05, 0.1) is 19.3 Å². The molecule has 1 unspecified atom stereocenters.